The van der Waals surface area contributed by atoms with E-state index >= 15 is 0 Å². The fourth-order valence-corrected chi connectivity index (χ4v) is 4.18. The molecule has 4 rings (SSSR count). The summed E-state index contributed by atoms with van der Waals surface area (Å²) in [4.78, 5) is 6.93. The lowest BCUT2D eigenvalue weighted by atomic mass is 10.0. The smallest absolute Gasteiger partial charge is 0.103 e. The second-order valence-corrected chi connectivity index (χ2v) is 7.44. The Morgan fingerprint density at radius 1 is 1.27 bits per heavy atom. The lowest BCUT2D eigenvalue weighted by Crippen LogP contribution is -2.22. The minimum atomic E-state index is 0.583. The third-order valence-corrected chi connectivity index (χ3v) is 5.28. The van der Waals surface area contributed by atoms with Gasteiger partial charge in [-0.2, -0.15) is 10.4 Å². The molecule has 26 heavy (non-hydrogen) atoms. The topological polar surface area (TPSA) is 57.7 Å². The van der Waals surface area contributed by atoms with E-state index in [1.165, 1.54) is 11.1 Å². The Labute approximate surface area is 153 Å². The predicted molar refractivity (Wildman–Crippen MR) is 103 cm³/mol. The van der Waals surface area contributed by atoms with Crippen LogP contribution in [0.3, 0.4) is 0 Å². The quantitative estimate of drug-likeness (QED) is 0.729. The van der Waals surface area contributed by atoms with E-state index in [-0.39, 0.29) is 0 Å². The number of benzene rings is 1. The zero-order valence-electron chi connectivity index (χ0n) is 15.5. The zero-order chi connectivity index (χ0) is 18.3. The summed E-state index contributed by atoms with van der Waals surface area (Å²) in [6.45, 7) is 6.14. The summed E-state index contributed by atoms with van der Waals surface area (Å²) in [6.07, 6.45) is 7.95. The van der Waals surface area contributed by atoms with Crippen LogP contribution in [0.4, 0.5) is 5.69 Å². The van der Waals surface area contributed by atoms with Gasteiger partial charge < -0.3 is 4.90 Å². The fraction of sp³-hybridized carbons (Fsp3) is 0.381. The van der Waals surface area contributed by atoms with Crippen molar-refractivity contribution in [3.05, 3.63) is 53.0 Å². The van der Waals surface area contributed by atoms with Crippen LogP contribution < -0.4 is 4.90 Å². The summed E-state index contributed by atoms with van der Waals surface area (Å²) in [5, 5.41) is 15.0. The summed E-state index contributed by atoms with van der Waals surface area (Å²) in [6, 6.07) is 6.67. The minimum Gasteiger partial charge on any atom is -0.370 e. The molecule has 1 fully saturated rings. The summed E-state index contributed by atoms with van der Waals surface area (Å²) < 4.78 is 1.86. The predicted octanol–water partition coefficient (Wildman–Crippen LogP) is 3.53. The molecule has 1 aromatic carbocycles. The molecule has 0 radical (unpaired) electrons. The average Bonchev–Trinajstić information content (AvgIpc) is 3.23. The van der Waals surface area contributed by atoms with Crippen LogP contribution in [0.25, 0.3) is 10.9 Å². The largest absolute Gasteiger partial charge is 0.370 e. The number of rotatable bonds is 3. The highest BCUT2D eigenvalue weighted by molar-refractivity contribution is 5.96. The molecule has 0 aliphatic carbocycles. The van der Waals surface area contributed by atoms with Gasteiger partial charge in [-0.3, -0.25) is 9.67 Å². The van der Waals surface area contributed by atoms with E-state index in [9.17, 15) is 5.26 Å². The van der Waals surface area contributed by atoms with Crippen molar-refractivity contribution in [1.29, 1.82) is 5.26 Å². The first-order chi connectivity index (χ1) is 12.5. The van der Waals surface area contributed by atoms with Crippen molar-refractivity contribution in [1.82, 2.24) is 14.8 Å². The molecule has 0 spiro atoms. The molecule has 5 nitrogen and oxygen atoms in total. The number of pyridine rings is 1. The van der Waals surface area contributed by atoms with Crippen molar-refractivity contribution in [2.45, 2.75) is 26.7 Å². The first kappa shape index (κ1) is 16.6. The van der Waals surface area contributed by atoms with Gasteiger partial charge in [0.05, 0.1) is 23.0 Å². The second kappa shape index (κ2) is 6.45. The number of hydrogen-bond donors (Lipinski definition) is 0. The Morgan fingerprint density at radius 2 is 2.12 bits per heavy atom. The van der Waals surface area contributed by atoms with Gasteiger partial charge in [-0.1, -0.05) is 11.6 Å². The molecule has 0 saturated carbocycles. The van der Waals surface area contributed by atoms with E-state index < -0.39 is 0 Å². The second-order valence-electron chi connectivity index (χ2n) is 7.44. The summed E-state index contributed by atoms with van der Waals surface area (Å²) in [5.74, 6) is 0.583. The molecule has 3 aromatic rings. The van der Waals surface area contributed by atoms with Crippen molar-refractivity contribution in [3.8, 4) is 6.07 Å². The fourth-order valence-electron chi connectivity index (χ4n) is 4.18. The third kappa shape index (κ3) is 2.92. The number of anilines is 1. The molecule has 1 aliphatic heterocycles. The van der Waals surface area contributed by atoms with Gasteiger partial charge in [0.15, 0.2) is 0 Å². The normalized spacial score (nSPS) is 17.0. The van der Waals surface area contributed by atoms with Gasteiger partial charge in [0.1, 0.15) is 6.07 Å². The number of fused-ring (bicyclic) bond motifs is 1. The van der Waals surface area contributed by atoms with Crippen molar-refractivity contribution in [2.75, 3.05) is 18.0 Å². The minimum absolute atomic E-state index is 0.583. The van der Waals surface area contributed by atoms with Gasteiger partial charge >= 0.3 is 0 Å². The average molecular weight is 345 g/mol. The van der Waals surface area contributed by atoms with Gasteiger partial charge in [0.25, 0.3) is 0 Å². The maximum atomic E-state index is 9.65. The molecular formula is C21H23N5. The molecule has 1 unspecified atom stereocenters. The van der Waals surface area contributed by atoms with Crippen molar-refractivity contribution >= 4 is 16.6 Å². The van der Waals surface area contributed by atoms with Crippen LogP contribution in [-0.4, -0.2) is 27.9 Å². The van der Waals surface area contributed by atoms with Gasteiger partial charge in [0, 0.05) is 37.9 Å². The highest BCUT2D eigenvalue weighted by Crippen LogP contribution is 2.35. The monoisotopic (exact) mass is 345 g/mol. The van der Waals surface area contributed by atoms with Gasteiger partial charge in [-0.05, 0) is 49.8 Å². The number of nitriles is 1. The number of aromatic nitrogens is 3. The molecule has 1 atom stereocenters. The Balaban J connectivity index is 1.69. The lowest BCUT2D eigenvalue weighted by molar-refractivity contribution is 0.586. The number of hydrogen-bond acceptors (Lipinski definition) is 4. The van der Waals surface area contributed by atoms with E-state index in [4.69, 9.17) is 0 Å². The Morgan fingerprint density at radius 3 is 2.85 bits per heavy atom. The molecule has 1 saturated heterocycles. The van der Waals surface area contributed by atoms with Crippen molar-refractivity contribution in [2.24, 2.45) is 13.0 Å². The Bertz CT molecular complexity index is 1010. The van der Waals surface area contributed by atoms with E-state index in [0.29, 0.717) is 11.5 Å². The highest BCUT2D eigenvalue weighted by Gasteiger charge is 2.27. The standard InChI is InChI=1S/C21H23N5/c1-14-6-15(2)20-19(7-14)21(18(9-22)11-23-20)26-5-4-16(13-26)8-17-10-24-25(3)12-17/h6-7,10-12,16H,4-5,8,13H2,1-3H3. The third-order valence-electron chi connectivity index (χ3n) is 5.28. The zero-order valence-corrected chi connectivity index (χ0v) is 15.5. The van der Waals surface area contributed by atoms with E-state index in [0.717, 1.165) is 48.1 Å². The van der Waals surface area contributed by atoms with Crippen LogP contribution in [0.5, 0.6) is 0 Å². The van der Waals surface area contributed by atoms with E-state index in [1.807, 2.05) is 17.9 Å². The highest BCUT2D eigenvalue weighted by atomic mass is 15.2. The molecule has 0 bridgehead atoms. The Kier molecular flexibility index (Phi) is 4.12. The molecule has 5 heteroatoms. The molecule has 2 aromatic heterocycles. The summed E-state index contributed by atoms with van der Waals surface area (Å²) >= 11 is 0. The van der Waals surface area contributed by atoms with Crippen LogP contribution in [0.1, 0.15) is 28.7 Å². The Hall–Kier alpha value is -2.87. The molecule has 3 heterocycles. The molecule has 1 aliphatic rings. The summed E-state index contributed by atoms with van der Waals surface area (Å²) in [5.41, 5.74) is 6.38. The number of nitrogens with zero attached hydrogens (tertiary/aromatic N) is 5. The van der Waals surface area contributed by atoms with Crippen LogP contribution in [-0.2, 0) is 13.5 Å². The lowest BCUT2D eigenvalue weighted by Gasteiger charge is -2.22. The van der Waals surface area contributed by atoms with Crippen LogP contribution in [0, 0.1) is 31.1 Å². The molecule has 0 amide bonds. The van der Waals surface area contributed by atoms with Crippen LogP contribution in [0.15, 0.2) is 30.7 Å². The molecule has 132 valence electrons. The van der Waals surface area contributed by atoms with Crippen LogP contribution >= 0.6 is 0 Å². The van der Waals surface area contributed by atoms with Gasteiger partial charge in [-0.15, -0.1) is 0 Å². The van der Waals surface area contributed by atoms with Gasteiger partial charge in [0.2, 0.25) is 0 Å². The maximum absolute atomic E-state index is 9.65. The SMILES string of the molecule is Cc1cc(C)c2ncc(C#N)c(N3CCC(Cc4cnn(C)c4)C3)c2c1. The van der Waals surface area contributed by atoms with Gasteiger partial charge in [-0.25, -0.2) is 0 Å². The first-order valence-electron chi connectivity index (χ1n) is 9.07. The van der Waals surface area contributed by atoms with E-state index in [2.05, 4.69) is 53.2 Å². The summed E-state index contributed by atoms with van der Waals surface area (Å²) in [7, 11) is 1.96. The molecule has 0 N–H and O–H groups in total. The molecular weight excluding hydrogens is 322 g/mol. The first-order valence-corrected chi connectivity index (χ1v) is 9.07. The van der Waals surface area contributed by atoms with E-state index in [1.54, 1.807) is 6.20 Å². The maximum Gasteiger partial charge on any atom is 0.103 e. The van der Waals surface area contributed by atoms with Crippen molar-refractivity contribution in [3.63, 3.8) is 0 Å². The van der Waals surface area contributed by atoms with Crippen molar-refractivity contribution < 1.29 is 0 Å². The van der Waals surface area contributed by atoms with Crippen LogP contribution in [0.2, 0.25) is 0 Å². The number of aryl methyl sites for hydroxylation is 3.